The molecule has 2 rings (SSSR count). The van der Waals surface area contributed by atoms with Crippen LogP contribution in [-0.4, -0.2) is 39.2 Å². The van der Waals surface area contributed by atoms with E-state index in [2.05, 4.69) is 15.0 Å². The lowest BCUT2D eigenvalue weighted by atomic mass is 10.3. The van der Waals surface area contributed by atoms with Crippen LogP contribution in [0.15, 0.2) is 41.8 Å². The normalized spacial score (nSPS) is 9.59. The molecule has 2 aromatic heterocycles. The first-order valence-electron chi connectivity index (χ1n) is 6.88. The first-order valence-corrected chi connectivity index (χ1v) is 8.40. The minimum Gasteiger partial charge on any atom is -0.464 e. The number of ether oxygens (including phenoxy) is 1. The minimum absolute atomic E-state index is 0.155. The summed E-state index contributed by atoms with van der Waals surface area (Å²) in [5.74, 6) is 0.118. The molecule has 2 aromatic rings. The molecule has 0 aliphatic rings. The van der Waals surface area contributed by atoms with Crippen molar-refractivity contribution in [1.29, 1.82) is 0 Å². The lowest BCUT2D eigenvalue weighted by Gasteiger charge is -2.03. The topological polar surface area (TPSA) is 65.0 Å². The molecule has 0 saturated heterocycles. The number of aromatic nitrogens is 3. The average molecular weight is 340 g/mol. The van der Waals surface area contributed by atoms with Crippen molar-refractivity contribution in [1.82, 2.24) is 15.0 Å². The highest BCUT2D eigenvalue weighted by atomic mass is 35.5. The van der Waals surface area contributed by atoms with Gasteiger partial charge in [-0.05, 0) is 18.2 Å². The molecule has 0 unspecified atom stereocenters. The number of rotatable bonds is 6. The molecule has 0 spiro atoms. The van der Waals surface area contributed by atoms with E-state index in [1.807, 2.05) is 32.0 Å². The number of alkyl halides is 1. The first kappa shape index (κ1) is 18.4. The van der Waals surface area contributed by atoms with Crippen LogP contribution in [0.2, 0.25) is 0 Å². The SMILES string of the molecule is CC.O=C(CSc1nccc(-c2ccccn2)n1)OCCCl. The number of thioether (sulfide) groups is 1. The number of hydrogen-bond donors (Lipinski definition) is 0. The van der Waals surface area contributed by atoms with Crippen LogP contribution >= 0.6 is 23.4 Å². The third kappa shape index (κ3) is 6.41. The molecule has 0 aliphatic carbocycles. The Bertz CT molecular complexity index is 570. The smallest absolute Gasteiger partial charge is 0.316 e. The molecule has 0 saturated carbocycles. The van der Waals surface area contributed by atoms with Crippen molar-refractivity contribution in [2.75, 3.05) is 18.2 Å². The van der Waals surface area contributed by atoms with Crippen molar-refractivity contribution in [2.24, 2.45) is 0 Å². The summed E-state index contributed by atoms with van der Waals surface area (Å²) < 4.78 is 4.87. The number of halogens is 1. The van der Waals surface area contributed by atoms with Gasteiger partial charge in [0.05, 0.1) is 23.0 Å². The van der Waals surface area contributed by atoms with Gasteiger partial charge < -0.3 is 4.74 Å². The predicted molar refractivity (Wildman–Crippen MR) is 89.0 cm³/mol. The molecule has 5 nitrogen and oxygen atoms in total. The summed E-state index contributed by atoms with van der Waals surface area (Å²) in [7, 11) is 0. The minimum atomic E-state index is -0.331. The summed E-state index contributed by atoms with van der Waals surface area (Å²) >= 11 is 6.66. The van der Waals surface area contributed by atoms with Gasteiger partial charge in [-0.1, -0.05) is 31.7 Å². The number of pyridine rings is 1. The van der Waals surface area contributed by atoms with E-state index in [-0.39, 0.29) is 18.3 Å². The zero-order chi connectivity index (χ0) is 16.2. The van der Waals surface area contributed by atoms with Crippen LogP contribution in [0, 0.1) is 0 Å². The standard InChI is InChI=1S/C13H12ClN3O2S.C2H6/c14-5-8-19-12(18)9-20-13-16-7-4-11(17-13)10-3-1-2-6-15-10;1-2/h1-4,6-7H,5,8-9H2;1-2H3. The molecular weight excluding hydrogens is 322 g/mol. The zero-order valence-corrected chi connectivity index (χ0v) is 14.1. The fraction of sp³-hybridized carbons (Fsp3) is 0.333. The average Bonchev–Trinajstić information content (AvgIpc) is 2.61. The summed E-state index contributed by atoms with van der Waals surface area (Å²) in [5.41, 5.74) is 1.48. The van der Waals surface area contributed by atoms with Crippen LogP contribution in [0.1, 0.15) is 13.8 Å². The van der Waals surface area contributed by atoms with E-state index < -0.39 is 0 Å². The van der Waals surface area contributed by atoms with E-state index in [1.165, 1.54) is 11.8 Å². The van der Waals surface area contributed by atoms with E-state index in [9.17, 15) is 4.79 Å². The van der Waals surface area contributed by atoms with Crippen LogP contribution in [0.5, 0.6) is 0 Å². The molecule has 0 aliphatic heterocycles. The third-order valence-electron chi connectivity index (χ3n) is 2.22. The number of carbonyl (C=O) groups excluding carboxylic acids is 1. The Hall–Kier alpha value is -1.66. The molecule has 7 heteroatoms. The number of nitrogens with zero attached hydrogens (tertiary/aromatic N) is 3. The van der Waals surface area contributed by atoms with Crippen molar-refractivity contribution in [3.63, 3.8) is 0 Å². The number of esters is 1. The Morgan fingerprint density at radius 2 is 2.00 bits per heavy atom. The highest BCUT2D eigenvalue weighted by Crippen LogP contribution is 2.18. The highest BCUT2D eigenvalue weighted by molar-refractivity contribution is 7.99. The maximum Gasteiger partial charge on any atom is 0.316 e. The molecule has 0 N–H and O–H groups in total. The van der Waals surface area contributed by atoms with Gasteiger partial charge in [-0.15, -0.1) is 11.6 Å². The van der Waals surface area contributed by atoms with E-state index >= 15 is 0 Å². The van der Waals surface area contributed by atoms with E-state index in [0.717, 1.165) is 11.4 Å². The summed E-state index contributed by atoms with van der Waals surface area (Å²) in [5, 5.41) is 0.510. The summed E-state index contributed by atoms with van der Waals surface area (Å²) in [6, 6.07) is 7.37. The van der Waals surface area contributed by atoms with Gasteiger partial charge >= 0.3 is 5.97 Å². The molecule has 0 radical (unpaired) electrons. The van der Waals surface area contributed by atoms with E-state index in [0.29, 0.717) is 11.0 Å². The second-order valence-electron chi connectivity index (χ2n) is 3.64. The molecule has 0 fully saturated rings. The fourth-order valence-electron chi connectivity index (χ4n) is 1.38. The molecule has 0 bridgehead atoms. The Balaban J connectivity index is 0.00000116. The summed E-state index contributed by atoms with van der Waals surface area (Å²) in [6.45, 7) is 4.22. The van der Waals surface area contributed by atoms with Crippen molar-refractivity contribution < 1.29 is 9.53 Å². The van der Waals surface area contributed by atoms with Gasteiger partial charge in [-0.2, -0.15) is 0 Å². The van der Waals surface area contributed by atoms with Crippen molar-refractivity contribution in [3.8, 4) is 11.4 Å². The number of hydrogen-bond acceptors (Lipinski definition) is 6. The maximum atomic E-state index is 11.4. The summed E-state index contributed by atoms with van der Waals surface area (Å²) in [6.07, 6.45) is 3.34. The van der Waals surface area contributed by atoms with Crippen LogP contribution in [0.3, 0.4) is 0 Å². The predicted octanol–water partition coefficient (Wildman–Crippen LogP) is 3.44. The molecule has 0 amide bonds. The molecule has 0 atom stereocenters. The lowest BCUT2D eigenvalue weighted by molar-refractivity contribution is -0.139. The first-order chi connectivity index (χ1) is 10.8. The van der Waals surface area contributed by atoms with Crippen LogP contribution in [-0.2, 0) is 9.53 Å². The molecule has 0 aromatic carbocycles. The Morgan fingerprint density at radius 1 is 1.18 bits per heavy atom. The lowest BCUT2D eigenvalue weighted by Crippen LogP contribution is -2.09. The molecule has 2 heterocycles. The maximum absolute atomic E-state index is 11.4. The van der Waals surface area contributed by atoms with Crippen LogP contribution < -0.4 is 0 Å². The molecule has 22 heavy (non-hydrogen) atoms. The van der Waals surface area contributed by atoms with Gasteiger partial charge in [-0.3, -0.25) is 9.78 Å². The number of carbonyl (C=O) groups is 1. The second-order valence-corrected chi connectivity index (χ2v) is 4.96. The van der Waals surface area contributed by atoms with E-state index in [4.69, 9.17) is 16.3 Å². The van der Waals surface area contributed by atoms with Gasteiger partial charge in [0.25, 0.3) is 0 Å². The quantitative estimate of drug-likeness (QED) is 0.347. The summed E-state index contributed by atoms with van der Waals surface area (Å²) in [4.78, 5) is 24.0. The van der Waals surface area contributed by atoms with Crippen molar-refractivity contribution >= 4 is 29.3 Å². The van der Waals surface area contributed by atoms with Crippen LogP contribution in [0.25, 0.3) is 11.4 Å². The van der Waals surface area contributed by atoms with Gasteiger partial charge in [0.15, 0.2) is 5.16 Å². The zero-order valence-electron chi connectivity index (χ0n) is 12.5. The largest absolute Gasteiger partial charge is 0.464 e. The Kier molecular flexibility index (Phi) is 9.18. The van der Waals surface area contributed by atoms with Gasteiger partial charge in [0.1, 0.15) is 6.61 Å². The van der Waals surface area contributed by atoms with Crippen molar-refractivity contribution in [3.05, 3.63) is 36.7 Å². The van der Waals surface area contributed by atoms with E-state index in [1.54, 1.807) is 18.5 Å². The second kappa shape index (κ2) is 11.0. The van der Waals surface area contributed by atoms with Crippen LogP contribution in [0.4, 0.5) is 0 Å². The Labute approximate surface area is 139 Å². The third-order valence-corrected chi connectivity index (χ3v) is 3.21. The fourth-order valence-corrected chi connectivity index (χ4v) is 2.09. The van der Waals surface area contributed by atoms with Gasteiger partial charge in [-0.25, -0.2) is 9.97 Å². The van der Waals surface area contributed by atoms with Gasteiger partial charge in [0, 0.05) is 12.4 Å². The molecule has 118 valence electrons. The highest BCUT2D eigenvalue weighted by Gasteiger charge is 2.07. The molecular formula is C15H18ClN3O2S. The Morgan fingerprint density at radius 3 is 2.68 bits per heavy atom. The monoisotopic (exact) mass is 339 g/mol. The van der Waals surface area contributed by atoms with Crippen molar-refractivity contribution in [2.45, 2.75) is 19.0 Å². The van der Waals surface area contributed by atoms with Gasteiger partial charge in [0.2, 0.25) is 0 Å².